The van der Waals surface area contributed by atoms with E-state index in [1.54, 1.807) is 6.92 Å². The van der Waals surface area contributed by atoms with Crippen molar-refractivity contribution in [1.29, 1.82) is 0 Å². The zero-order valence-corrected chi connectivity index (χ0v) is 19.9. The third-order valence-corrected chi connectivity index (χ3v) is 7.06. The topological polar surface area (TPSA) is 97.1 Å². The molecule has 0 unspecified atom stereocenters. The summed E-state index contributed by atoms with van der Waals surface area (Å²) >= 11 is 0. The van der Waals surface area contributed by atoms with Crippen LogP contribution in [-0.4, -0.2) is 47.7 Å². The Hall–Kier alpha value is -1.83. The van der Waals surface area contributed by atoms with Gasteiger partial charge < -0.3 is 19.0 Å². The Balaban J connectivity index is 1.83. The van der Waals surface area contributed by atoms with E-state index in [-0.39, 0.29) is 35.8 Å². The van der Waals surface area contributed by atoms with Crippen molar-refractivity contribution in [1.82, 2.24) is 0 Å². The molecule has 0 aromatic rings. The molecule has 3 aliphatic rings. The number of hydrogen-bond acceptors (Lipinski definition) is 7. The number of nitrogens with zero attached hydrogens (tertiary/aromatic N) is 1. The summed E-state index contributed by atoms with van der Waals surface area (Å²) in [6.07, 6.45) is 6.22. The average molecular weight is 454 g/mol. The largest absolute Gasteiger partial charge is 0.458 e. The van der Waals surface area contributed by atoms with Gasteiger partial charge in [-0.25, -0.2) is 4.79 Å². The van der Waals surface area contributed by atoms with Gasteiger partial charge in [-0.15, -0.1) is 0 Å². The molecule has 32 heavy (non-hydrogen) atoms. The summed E-state index contributed by atoms with van der Waals surface area (Å²) in [4.78, 5) is 30.9. The van der Waals surface area contributed by atoms with Crippen molar-refractivity contribution < 1.29 is 33.5 Å². The summed E-state index contributed by atoms with van der Waals surface area (Å²) in [5.74, 6) is -0.871. The van der Waals surface area contributed by atoms with Crippen LogP contribution in [0, 0.1) is 28.9 Å². The molecule has 1 heterocycles. The van der Waals surface area contributed by atoms with Gasteiger partial charge in [0.2, 0.25) is 6.29 Å². The predicted octanol–water partition coefficient (Wildman–Crippen LogP) is 4.13. The quantitative estimate of drug-likeness (QED) is 0.236. The molecule has 0 amide bonds. The molecular weight excluding hydrogens is 414 g/mol. The minimum Gasteiger partial charge on any atom is -0.458 e. The van der Waals surface area contributed by atoms with E-state index in [0.29, 0.717) is 17.8 Å². The molecule has 0 aromatic heterocycles. The molecule has 0 N–H and O–H groups in total. The van der Waals surface area contributed by atoms with Crippen LogP contribution in [0.2, 0.25) is 0 Å². The normalized spacial score (nSPS) is 32.4. The first-order valence-electron chi connectivity index (χ1n) is 12.3. The van der Waals surface area contributed by atoms with Crippen LogP contribution in [0.3, 0.4) is 0 Å². The van der Waals surface area contributed by atoms with Crippen molar-refractivity contribution in [3.8, 4) is 0 Å². The molecule has 0 radical (unpaired) electrons. The first kappa shape index (κ1) is 24.8. The van der Waals surface area contributed by atoms with Crippen molar-refractivity contribution in [2.45, 2.75) is 104 Å². The molecule has 182 valence electrons. The van der Waals surface area contributed by atoms with Crippen LogP contribution < -0.4 is 0 Å². The lowest BCUT2D eigenvalue weighted by Crippen LogP contribution is -2.43. The summed E-state index contributed by atoms with van der Waals surface area (Å²) in [5.41, 5.74) is -0.238. The second-order valence-corrected chi connectivity index (χ2v) is 9.90. The maximum absolute atomic E-state index is 13.0. The van der Waals surface area contributed by atoms with Gasteiger partial charge in [-0.2, -0.15) is 0 Å². The monoisotopic (exact) mass is 453 g/mol. The maximum atomic E-state index is 13.0. The molecular formula is C24H39NO7. The number of carbonyl (C=O) groups is 2. The fourth-order valence-corrected chi connectivity index (χ4v) is 5.26. The van der Waals surface area contributed by atoms with Crippen LogP contribution >= 0.6 is 0 Å². The lowest BCUT2D eigenvalue weighted by atomic mass is 9.75. The number of ether oxygens (including phenoxy) is 3. The van der Waals surface area contributed by atoms with Crippen molar-refractivity contribution in [3.63, 3.8) is 0 Å². The van der Waals surface area contributed by atoms with Gasteiger partial charge in [-0.05, 0) is 50.4 Å². The van der Waals surface area contributed by atoms with Crippen LogP contribution in [-0.2, 0) is 28.6 Å². The van der Waals surface area contributed by atoms with Gasteiger partial charge in [0.15, 0.2) is 0 Å². The Morgan fingerprint density at radius 3 is 2.56 bits per heavy atom. The number of cyclic esters (lactones) is 1. The smallest absolute Gasteiger partial charge is 0.405 e. The summed E-state index contributed by atoms with van der Waals surface area (Å²) in [6, 6.07) is 0. The van der Waals surface area contributed by atoms with E-state index in [1.165, 1.54) is 0 Å². The second-order valence-electron chi connectivity index (χ2n) is 9.90. The summed E-state index contributed by atoms with van der Waals surface area (Å²) in [5, 5.41) is 13.0. The van der Waals surface area contributed by atoms with E-state index >= 15 is 0 Å². The zero-order valence-electron chi connectivity index (χ0n) is 19.9. The number of carbonyl (C=O) groups excluding carboxylic acids is 2. The van der Waals surface area contributed by atoms with Crippen LogP contribution in [0.25, 0.3) is 0 Å². The third-order valence-electron chi connectivity index (χ3n) is 7.06. The molecule has 3 fully saturated rings. The Morgan fingerprint density at radius 2 is 1.91 bits per heavy atom. The highest BCUT2D eigenvalue weighted by molar-refractivity contribution is 6.35. The van der Waals surface area contributed by atoms with E-state index in [0.717, 1.165) is 51.4 Å². The van der Waals surface area contributed by atoms with E-state index in [4.69, 9.17) is 19.0 Å². The number of rotatable bonds is 8. The Kier molecular flexibility index (Phi) is 8.79. The van der Waals surface area contributed by atoms with Gasteiger partial charge in [0.1, 0.15) is 5.92 Å². The van der Waals surface area contributed by atoms with Gasteiger partial charge in [0.05, 0.1) is 25.2 Å². The first-order valence-corrected chi connectivity index (χ1v) is 12.3. The molecule has 0 aromatic carbocycles. The van der Waals surface area contributed by atoms with Gasteiger partial charge in [0.25, 0.3) is 0 Å². The molecule has 3 rings (SSSR count). The van der Waals surface area contributed by atoms with Crippen molar-refractivity contribution >= 4 is 17.7 Å². The van der Waals surface area contributed by atoms with E-state index in [1.807, 2.05) is 0 Å². The fraction of sp³-hybridized carbons (Fsp3) is 0.875. The summed E-state index contributed by atoms with van der Waals surface area (Å²) in [6.45, 7) is 8.32. The van der Waals surface area contributed by atoms with Crippen molar-refractivity contribution in [3.05, 3.63) is 5.21 Å². The van der Waals surface area contributed by atoms with Crippen LogP contribution in [0.1, 0.15) is 85.5 Å². The van der Waals surface area contributed by atoms with Gasteiger partial charge in [-0.3, -0.25) is 10.0 Å². The number of esters is 2. The fourth-order valence-electron chi connectivity index (χ4n) is 5.26. The summed E-state index contributed by atoms with van der Waals surface area (Å²) < 4.78 is 17.0. The van der Waals surface area contributed by atoms with E-state index in [9.17, 15) is 14.8 Å². The third kappa shape index (κ3) is 6.15. The molecule has 0 spiro atoms. The highest BCUT2D eigenvalue weighted by Gasteiger charge is 2.50. The Labute approximate surface area is 191 Å². The highest BCUT2D eigenvalue weighted by atomic mass is 16.9. The molecule has 8 nitrogen and oxygen atoms in total. The Morgan fingerprint density at radius 1 is 1.19 bits per heavy atom. The van der Waals surface area contributed by atoms with E-state index < -0.39 is 24.1 Å². The maximum Gasteiger partial charge on any atom is 0.405 e. The molecule has 1 saturated heterocycles. The standard InChI is InChI=1S/C24H39NO7/c1-5-29-23(27)22(25(28)32-17-9-7-6-8-10-17)19-14-21(26)31-24(19)30-20-13-16(4)11-12-18(20)15(2)3/h15-20,24H,5-14H2,1-4H3/b25-22-/t16-,18+,19-,20-,24+/m0/s1. The minimum atomic E-state index is -0.995. The van der Waals surface area contributed by atoms with Gasteiger partial charge in [0, 0.05) is 4.90 Å². The molecule has 5 atom stereocenters. The SMILES string of the molecule is CCOC(=O)/C([C@@H]1CC(=O)O[C@H]1O[C@H]1C[C@@H](C)CC[C@@H]1C(C)C)=[N+](/[O-])OC1CCCCC1. The zero-order chi connectivity index (χ0) is 23.3. The van der Waals surface area contributed by atoms with Crippen LogP contribution in [0.15, 0.2) is 0 Å². The molecule has 8 heteroatoms. The van der Waals surface area contributed by atoms with Gasteiger partial charge >= 0.3 is 17.7 Å². The second kappa shape index (κ2) is 11.3. The number of hydrogen-bond donors (Lipinski definition) is 0. The minimum absolute atomic E-state index is 0.0973. The Bertz CT molecular complexity index is 686. The first-order chi connectivity index (χ1) is 15.3. The van der Waals surface area contributed by atoms with Crippen LogP contribution in [0.5, 0.6) is 0 Å². The summed E-state index contributed by atoms with van der Waals surface area (Å²) in [7, 11) is 0. The highest BCUT2D eigenvalue weighted by Crippen LogP contribution is 2.38. The lowest BCUT2D eigenvalue weighted by molar-refractivity contribution is -0.754. The molecule has 0 bridgehead atoms. The molecule has 2 aliphatic carbocycles. The molecule has 2 saturated carbocycles. The average Bonchev–Trinajstić information content (AvgIpc) is 3.08. The predicted molar refractivity (Wildman–Crippen MR) is 117 cm³/mol. The van der Waals surface area contributed by atoms with Gasteiger partial charge in [-0.1, -0.05) is 46.5 Å². The van der Waals surface area contributed by atoms with Crippen molar-refractivity contribution in [2.75, 3.05) is 6.61 Å². The molecule has 1 aliphatic heterocycles. The lowest BCUT2D eigenvalue weighted by Gasteiger charge is -2.38. The van der Waals surface area contributed by atoms with E-state index in [2.05, 4.69) is 20.8 Å². The van der Waals surface area contributed by atoms with Crippen LogP contribution in [0.4, 0.5) is 0 Å². The van der Waals surface area contributed by atoms with Crippen molar-refractivity contribution in [2.24, 2.45) is 23.7 Å².